The molecule has 4 rings (SSSR count). The van der Waals surface area contributed by atoms with Crippen molar-refractivity contribution in [3.63, 3.8) is 0 Å². The van der Waals surface area contributed by atoms with E-state index < -0.39 is 5.60 Å². The summed E-state index contributed by atoms with van der Waals surface area (Å²) in [6.07, 6.45) is 5.32. The van der Waals surface area contributed by atoms with Gasteiger partial charge in [-0.1, -0.05) is 18.2 Å². The van der Waals surface area contributed by atoms with E-state index in [1.54, 1.807) is 12.4 Å². The first-order chi connectivity index (χ1) is 10.3. The van der Waals surface area contributed by atoms with Crippen molar-refractivity contribution in [2.75, 3.05) is 13.1 Å². The Labute approximate surface area is 123 Å². The van der Waals surface area contributed by atoms with Crippen LogP contribution in [0.3, 0.4) is 0 Å². The molecule has 0 bridgehead atoms. The SMILES string of the molecule is OC1(C2CCNCC2)c2ccccc2Oc2cnccc21. The van der Waals surface area contributed by atoms with Gasteiger partial charge in [-0.2, -0.15) is 0 Å². The highest BCUT2D eigenvalue weighted by Crippen LogP contribution is 2.51. The number of fused-ring (bicyclic) bond motifs is 2. The Hall–Kier alpha value is -1.91. The Bertz CT molecular complexity index is 620. The highest BCUT2D eigenvalue weighted by Gasteiger charge is 2.46. The molecule has 2 aliphatic rings. The Kier molecular flexibility index (Phi) is 2.94. The van der Waals surface area contributed by atoms with Gasteiger partial charge in [0.2, 0.25) is 0 Å². The minimum absolute atomic E-state index is 0.185. The highest BCUT2D eigenvalue weighted by atomic mass is 16.5. The van der Waals surface area contributed by atoms with Crippen LogP contribution in [0.1, 0.15) is 24.0 Å². The highest BCUT2D eigenvalue weighted by molar-refractivity contribution is 5.55. The van der Waals surface area contributed by atoms with E-state index in [4.69, 9.17) is 4.74 Å². The number of rotatable bonds is 1. The summed E-state index contributed by atoms with van der Waals surface area (Å²) in [5.74, 6) is 1.58. The van der Waals surface area contributed by atoms with Gasteiger partial charge in [0.05, 0.1) is 6.20 Å². The second kappa shape index (κ2) is 4.83. The standard InChI is InChI=1S/C17H18N2O2/c20-17(12-5-8-18-9-6-12)13-3-1-2-4-15(13)21-16-11-19-10-7-14(16)17/h1-4,7,10-12,18,20H,5-6,8-9H2. The number of aromatic nitrogens is 1. The van der Waals surface area contributed by atoms with Crippen LogP contribution in [0.5, 0.6) is 11.5 Å². The molecule has 2 N–H and O–H groups in total. The predicted molar refractivity (Wildman–Crippen MR) is 79.3 cm³/mol. The van der Waals surface area contributed by atoms with Crippen molar-refractivity contribution >= 4 is 0 Å². The molecule has 4 nitrogen and oxygen atoms in total. The first-order valence-corrected chi connectivity index (χ1v) is 7.45. The summed E-state index contributed by atoms with van der Waals surface area (Å²) in [6.45, 7) is 1.88. The summed E-state index contributed by atoms with van der Waals surface area (Å²) >= 11 is 0. The lowest BCUT2D eigenvalue weighted by atomic mass is 9.71. The van der Waals surface area contributed by atoms with Crippen molar-refractivity contribution in [1.29, 1.82) is 0 Å². The number of piperidine rings is 1. The third-order valence-corrected chi connectivity index (χ3v) is 4.64. The molecule has 0 saturated carbocycles. The number of hydrogen-bond acceptors (Lipinski definition) is 4. The van der Waals surface area contributed by atoms with Crippen molar-refractivity contribution in [3.05, 3.63) is 53.9 Å². The Morgan fingerprint density at radius 2 is 1.86 bits per heavy atom. The molecular weight excluding hydrogens is 264 g/mol. The van der Waals surface area contributed by atoms with Crippen LogP contribution >= 0.6 is 0 Å². The monoisotopic (exact) mass is 282 g/mol. The number of ether oxygens (including phenoxy) is 1. The first-order valence-electron chi connectivity index (χ1n) is 7.45. The number of hydrogen-bond donors (Lipinski definition) is 2. The number of nitrogens with zero attached hydrogens (tertiary/aromatic N) is 1. The van der Waals surface area contributed by atoms with Gasteiger partial charge in [-0.25, -0.2) is 0 Å². The molecule has 1 unspecified atom stereocenters. The summed E-state index contributed by atoms with van der Waals surface area (Å²) in [5.41, 5.74) is 0.716. The Balaban J connectivity index is 1.92. The lowest BCUT2D eigenvalue weighted by Gasteiger charge is -2.43. The van der Waals surface area contributed by atoms with Gasteiger partial charge in [0.25, 0.3) is 0 Å². The lowest BCUT2D eigenvalue weighted by molar-refractivity contribution is -0.00551. The maximum atomic E-state index is 11.7. The topological polar surface area (TPSA) is 54.4 Å². The fraction of sp³-hybridized carbons (Fsp3) is 0.353. The molecule has 1 aromatic carbocycles. The lowest BCUT2D eigenvalue weighted by Crippen LogP contribution is -2.44. The van der Waals surface area contributed by atoms with Crippen LogP contribution in [0.2, 0.25) is 0 Å². The quantitative estimate of drug-likeness (QED) is 0.843. The molecule has 21 heavy (non-hydrogen) atoms. The third-order valence-electron chi connectivity index (χ3n) is 4.64. The Morgan fingerprint density at radius 3 is 2.71 bits per heavy atom. The minimum Gasteiger partial charge on any atom is -0.455 e. The van der Waals surface area contributed by atoms with Gasteiger partial charge in [0, 0.05) is 17.3 Å². The van der Waals surface area contributed by atoms with E-state index in [1.807, 2.05) is 30.3 Å². The number of para-hydroxylation sites is 1. The molecule has 3 heterocycles. The van der Waals surface area contributed by atoms with E-state index >= 15 is 0 Å². The average Bonchev–Trinajstić information content (AvgIpc) is 2.56. The summed E-state index contributed by atoms with van der Waals surface area (Å²) in [5, 5.41) is 15.0. The van der Waals surface area contributed by atoms with Crippen molar-refractivity contribution in [2.24, 2.45) is 5.92 Å². The zero-order valence-corrected chi connectivity index (χ0v) is 11.7. The van der Waals surface area contributed by atoms with Gasteiger partial charge in [-0.15, -0.1) is 0 Å². The smallest absolute Gasteiger partial charge is 0.152 e. The first kappa shape index (κ1) is 12.8. The van der Waals surface area contributed by atoms with Crippen LogP contribution in [0, 0.1) is 5.92 Å². The van der Waals surface area contributed by atoms with Crippen molar-refractivity contribution in [1.82, 2.24) is 10.3 Å². The van der Waals surface area contributed by atoms with Crippen LogP contribution in [-0.4, -0.2) is 23.2 Å². The zero-order valence-electron chi connectivity index (χ0n) is 11.7. The van der Waals surface area contributed by atoms with Gasteiger partial charge < -0.3 is 15.2 Å². The van der Waals surface area contributed by atoms with Crippen LogP contribution in [-0.2, 0) is 5.60 Å². The van der Waals surface area contributed by atoms with E-state index in [0.717, 1.165) is 42.8 Å². The second-order valence-electron chi connectivity index (χ2n) is 5.76. The fourth-order valence-corrected chi connectivity index (χ4v) is 3.59. The van der Waals surface area contributed by atoms with E-state index in [9.17, 15) is 5.11 Å². The summed E-state index contributed by atoms with van der Waals surface area (Å²) in [7, 11) is 0. The normalized spacial score (nSPS) is 24.8. The summed E-state index contributed by atoms with van der Waals surface area (Å²) in [6, 6.07) is 9.66. The van der Waals surface area contributed by atoms with Gasteiger partial charge in [-0.05, 0) is 44.0 Å². The Morgan fingerprint density at radius 1 is 1.10 bits per heavy atom. The molecule has 1 saturated heterocycles. The molecule has 0 radical (unpaired) electrons. The van der Waals surface area contributed by atoms with E-state index in [1.165, 1.54) is 0 Å². The molecule has 1 atom stereocenters. The van der Waals surface area contributed by atoms with Gasteiger partial charge in [-0.3, -0.25) is 4.98 Å². The van der Waals surface area contributed by atoms with Gasteiger partial charge in [0.1, 0.15) is 11.4 Å². The van der Waals surface area contributed by atoms with Crippen molar-refractivity contribution in [3.8, 4) is 11.5 Å². The van der Waals surface area contributed by atoms with E-state index in [-0.39, 0.29) is 5.92 Å². The number of aliphatic hydroxyl groups is 1. The fourth-order valence-electron chi connectivity index (χ4n) is 3.59. The minimum atomic E-state index is -0.991. The van der Waals surface area contributed by atoms with Gasteiger partial charge in [0.15, 0.2) is 5.75 Å². The van der Waals surface area contributed by atoms with Crippen molar-refractivity contribution < 1.29 is 9.84 Å². The molecule has 4 heteroatoms. The number of pyridine rings is 1. The number of nitrogens with one attached hydrogen (secondary N) is 1. The van der Waals surface area contributed by atoms with Gasteiger partial charge >= 0.3 is 0 Å². The second-order valence-corrected chi connectivity index (χ2v) is 5.76. The maximum absolute atomic E-state index is 11.7. The molecular formula is C17H18N2O2. The molecule has 0 aliphatic carbocycles. The number of benzene rings is 1. The van der Waals surface area contributed by atoms with E-state index in [2.05, 4.69) is 10.3 Å². The van der Waals surface area contributed by atoms with Crippen LogP contribution in [0.25, 0.3) is 0 Å². The average molecular weight is 282 g/mol. The summed E-state index contributed by atoms with van der Waals surface area (Å²) < 4.78 is 5.93. The predicted octanol–water partition coefficient (Wildman–Crippen LogP) is 2.42. The maximum Gasteiger partial charge on any atom is 0.152 e. The van der Waals surface area contributed by atoms with Crippen LogP contribution < -0.4 is 10.1 Å². The molecule has 1 aromatic heterocycles. The molecule has 2 aromatic rings. The molecule has 1 fully saturated rings. The third kappa shape index (κ3) is 1.87. The largest absolute Gasteiger partial charge is 0.455 e. The zero-order chi connectivity index (χ0) is 14.3. The molecule has 0 spiro atoms. The summed E-state index contributed by atoms with van der Waals surface area (Å²) in [4.78, 5) is 4.13. The van der Waals surface area contributed by atoms with E-state index in [0.29, 0.717) is 5.75 Å². The molecule has 0 amide bonds. The van der Waals surface area contributed by atoms with Crippen LogP contribution in [0.4, 0.5) is 0 Å². The van der Waals surface area contributed by atoms with Crippen molar-refractivity contribution in [2.45, 2.75) is 18.4 Å². The molecule has 2 aliphatic heterocycles. The molecule has 108 valence electrons. The van der Waals surface area contributed by atoms with Crippen LogP contribution in [0.15, 0.2) is 42.7 Å².